The largest absolute Gasteiger partial charge is 0.507 e. The number of phenols is 1. The van der Waals surface area contributed by atoms with E-state index in [9.17, 15) is 5.11 Å². The third-order valence-electron chi connectivity index (χ3n) is 2.40. The molecule has 15 heavy (non-hydrogen) atoms. The summed E-state index contributed by atoms with van der Waals surface area (Å²) in [6.07, 6.45) is 4.03. The molecule has 80 valence electrons. The predicted octanol–water partition coefficient (Wildman–Crippen LogP) is 2.55. The minimum Gasteiger partial charge on any atom is -0.507 e. The van der Waals surface area contributed by atoms with E-state index in [1.807, 2.05) is 6.08 Å². The summed E-state index contributed by atoms with van der Waals surface area (Å²) in [6.45, 7) is 0.711. The molecule has 3 nitrogen and oxygen atoms in total. The van der Waals surface area contributed by atoms with Gasteiger partial charge in [0.1, 0.15) is 17.3 Å². The average Bonchev–Trinajstić information content (AvgIpc) is 2.31. The van der Waals surface area contributed by atoms with Crippen LogP contribution < -0.4 is 4.74 Å². The lowest BCUT2D eigenvalue weighted by Crippen LogP contribution is -2.00. The second-order valence-electron chi connectivity index (χ2n) is 3.44. The van der Waals surface area contributed by atoms with Gasteiger partial charge >= 0.3 is 0 Å². The molecule has 0 amide bonds. The van der Waals surface area contributed by atoms with E-state index >= 15 is 0 Å². The number of methoxy groups -OCH3 is 1. The first kappa shape index (κ1) is 9.90. The molecule has 0 saturated carbocycles. The van der Waals surface area contributed by atoms with Crippen molar-refractivity contribution < 1.29 is 14.6 Å². The Labute approximate surface area is 88.9 Å². The number of aromatic hydroxyl groups is 1. The van der Waals surface area contributed by atoms with Gasteiger partial charge in [0, 0.05) is 0 Å². The van der Waals surface area contributed by atoms with E-state index in [1.54, 1.807) is 25.3 Å². The Bertz CT molecular complexity index is 382. The molecule has 0 aliphatic carbocycles. The second kappa shape index (κ2) is 4.26. The lowest BCUT2D eigenvalue weighted by atomic mass is 10.1. The van der Waals surface area contributed by atoms with Crippen LogP contribution in [0, 0.1) is 0 Å². The smallest absolute Gasteiger partial charge is 0.126 e. The van der Waals surface area contributed by atoms with Crippen molar-refractivity contribution in [3.63, 3.8) is 0 Å². The van der Waals surface area contributed by atoms with Gasteiger partial charge in [-0.3, -0.25) is 0 Å². The molecule has 0 fully saturated rings. The van der Waals surface area contributed by atoms with Crippen molar-refractivity contribution in [1.82, 2.24) is 0 Å². The van der Waals surface area contributed by atoms with Crippen LogP contribution in [-0.4, -0.2) is 18.8 Å². The Kier molecular flexibility index (Phi) is 2.81. The summed E-state index contributed by atoms with van der Waals surface area (Å²) in [5, 5.41) is 9.71. The maximum Gasteiger partial charge on any atom is 0.126 e. The Morgan fingerprint density at radius 2 is 2.27 bits per heavy atom. The minimum atomic E-state index is 0.226. The van der Waals surface area contributed by atoms with Crippen molar-refractivity contribution in [1.29, 1.82) is 0 Å². The standard InChI is InChI=1S/C12H14O3/c1-14-9-5-6-11(13)10(8-9)12-4-2-3-7-15-12/h4-6,8,13H,2-3,7H2,1H3. The van der Waals surface area contributed by atoms with E-state index in [1.165, 1.54) is 0 Å². The van der Waals surface area contributed by atoms with Crippen molar-refractivity contribution in [3.05, 3.63) is 29.8 Å². The molecular formula is C12H14O3. The van der Waals surface area contributed by atoms with Gasteiger partial charge in [-0.05, 0) is 37.1 Å². The van der Waals surface area contributed by atoms with E-state index < -0.39 is 0 Å². The molecule has 1 aliphatic heterocycles. The summed E-state index contributed by atoms with van der Waals surface area (Å²) in [7, 11) is 1.60. The van der Waals surface area contributed by atoms with E-state index in [2.05, 4.69) is 0 Å². The highest BCUT2D eigenvalue weighted by Crippen LogP contribution is 2.31. The van der Waals surface area contributed by atoms with Crippen molar-refractivity contribution >= 4 is 5.76 Å². The molecule has 1 aromatic carbocycles. The highest BCUT2D eigenvalue weighted by Gasteiger charge is 2.12. The van der Waals surface area contributed by atoms with Crippen molar-refractivity contribution in [2.75, 3.05) is 13.7 Å². The van der Waals surface area contributed by atoms with Crippen LogP contribution in [0.5, 0.6) is 11.5 Å². The van der Waals surface area contributed by atoms with Crippen LogP contribution in [0.2, 0.25) is 0 Å². The van der Waals surface area contributed by atoms with E-state index in [4.69, 9.17) is 9.47 Å². The number of benzene rings is 1. The lowest BCUT2D eigenvalue weighted by molar-refractivity contribution is 0.257. The van der Waals surface area contributed by atoms with Gasteiger partial charge in [-0.15, -0.1) is 0 Å². The van der Waals surface area contributed by atoms with Crippen LogP contribution in [0.3, 0.4) is 0 Å². The molecule has 3 heteroatoms. The zero-order chi connectivity index (χ0) is 10.7. The summed E-state index contributed by atoms with van der Waals surface area (Å²) in [5.74, 6) is 1.69. The number of hydrogen-bond acceptors (Lipinski definition) is 3. The summed E-state index contributed by atoms with van der Waals surface area (Å²) in [6, 6.07) is 5.13. The fourth-order valence-corrected chi connectivity index (χ4v) is 1.58. The molecule has 0 unspecified atom stereocenters. The quantitative estimate of drug-likeness (QED) is 0.808. The van der Waals surface area contributed by atoms with Gasteiger partial charge in [0.15, 0.2) is 0 Å². The number of ether oxygens (including phenoxy) is 2. The average molecular weight is 206 g/mol. The Hall–Kier alpha value is -1.64. The van der Waals surface area contributed by atoms with Crippen LogP contribution in [0.4, 0.5) is 0 Å². The maximum absolute atomic E-state index is 9.71. The number of allylic oxidation sites excluding steroid dienone is 1. The zero-order valence-electron chi connectivity index (χ0n) is 8.69. The van der Waals surface area contributed by atoms with Crippen LogP contribution in [0.15, 0.2) is 24.3 Å². The van der Waals surface area contributed by atoms with Crippen LogP contribution in [0.25, 0.3) is 5.76 Å². The first-order valence-electron chi connectivity index (χ1n) is 5.01. The van der Waals surface area contributed by atoms with Gasteiger partial charge in [0.25, 0.3) is 0 Å². The first-order valence-corrected chi connectivity index (χ1v) is 5.01. The monoisotopic (exact) mass is 206 g/mol. The summed E-state index contributed by atoms with van der Waals surface area (Å²) < 4.78 is 10.6. The Morgan fingerprint density at radius 1 is 1.40 bits per heavy atom. The highest BCUT2D eigenvalue weighted by atomic mass is 16.5. The van der Waals surface area contributed by atoms with Gasteiger partial charge < -0.3 is 14.6 Å². The molecule has 0 aromatic heterocycles. The van der Waals surface area contributed by atoms with E-state index in [0.717, 1.165) is 24.4 Å². The predicted molar refractivity (Wildman–Crippen MR) is 57.8 cm³/mol. The SMILES string of the molecule is COc1ccc(O)c(C2=CCCCO2)c1. The molecule has 0 bridgehead atoms. The summed E-state index contributed by atoms with van der Waals surface area (Å²) in [4.78, 5) is 0. The molecule has 1 heterocycles. The first-order chi connectivity index (χ1) is 7.31. The number of phenolic OH excluding ortho intramolecular Hbond substituents is 1. The molecule has 0 radical (unpaired) electrons. The van der Waals surface area contributed by atoms with Gasteiger partial charge in [-0.2, -0.15) is 0 Å². The number of hydrogen-bond donors (Lipinski definition) is 1. The van der Waals surface area contributed by atoms with Gasteiger partial charge in [-0.1, -0.05) is 0 Å². The molecule has 1 aromatic rings. The molecular weight excluding hydrogens is 192 g/mol. The third kappa shape index (κ3) is 2.06. The van der Waals surface area contributed by atoms with Crippen molar-refractivity contribution in [3.8, 4) is 11.5 Å². The maximum atomic E-state index is 9.71. The zero-order valence-corrected chi connectivity index (χ0v) is 8.69. The van der Waals surface area contributed by atoms with Gasteiger partial charge in [0.2, 0.25) is 0 Å². The Morgan fingerprint density at radius 3 is 2.93 bits per heavy atom. The fraction of sp³-hybridized carbons (Fsp3) is 0.333. The van der Waals surface area contributed by atoms with Crippen LogP contribution in [-0.2, 0) is 4.74 Å². The molecule has 1 aliphatic rings. The van der Waals surface area contributed by atoms with E-state index in [0.29, 0.717) is 12.2 Å². The lowest BCUT2D eigenvalue weighted by Gasteiger charge is -2.16. The summed E-state index contributed by atoms with van der Waals surface area (Å²) in [5.41, 5.74) is 0.703. The van der Waals surface area contributed by atoms with Crippen molar-refractivity contribution in [2.45, 2.75) is 12.8 Å². The topological polar surface area (TPSA) is 38.7 Å². The third-order valence-corrected chi connectivity index (χ3v) is 2.40. The van der Waals surface area contributed by atoms with E-state index in [-0.39, 0.29) is 5.75 Å². The molecule has 2 rings (SSSR count). The van der Waals surface area contributed by atoms with Crippen LogP contribution in [0.1, 0.15) is 18.4 Å². The molecule has 0 atom stereocenters. The fourth-order valence-electron chi connectivity index (χ4n) is 1.58. The minimum absolute atomic E-state index is 0.226. The normalized spacial score (nSPS) is 15.4. The van der Waals surface area contributed by atoms with Crippen molar-refractivity contribution in [2.24, 2.45) is 0 Å². The molecule has 0 spiro atoms. The summed E-state index contributed by atoms with van der Waals surface area (Å²) >= 11 is 0. The molecule has 1 N–H and O–H groups in total. The molecule has 0 saturated heterocycles. The Balaban J connectivity index is 2.37. The second-order valence-corrected chi connectivity index (χ2v) is 3.44. The van der Waals surface area contributed by atoms with Gasteiger partial charge in [0.05, 0.1) is 19.3 Å². The van der Waals surface area contributed by atoms with Gasteiger partial charge in [-0.25, -0.2) is 0 Å². The number of rotatable bonds is 2. The highest BCUT2D eigenvalue weighted by molar-refractivity contribution is 5.67. The van der Waals surface area contributed by atoms with Crippen LogP contribution >= 0.6 is 0 Å².